The molecule has 0 amide bonds. The van der Waals surface area contributed by atoms with E-state index in [2.05, 4.69) is 25.5 Å². The summed E-state index contributed by atoms with van der Waals surface area (Å²) in [7, 11) is 2.10. The predicted molar refractivity (Wildman–Crippen MR) is 47.8 cm³/mol. The zero-order chi connectivity index (χ0) is 7.82. The van der Waals surface area contributed by atoms with Gasteiger partial charge in [0.1, 0.15) is 0 Å². The van der Waals surface area contributed by atoms with Crippen LogP contribution in [-0.2, 0) is 0 Å². The van der Waals surface area contributed by atoms with Gasteiger partial charge in [-0.2, -0.15) is 0 Å². The SMILES string of the molecule is C=CCC(CC=C)C[NH2+]C.[OH-]. The predicted octanol–water partition coefficient (Wildman–Crippen LogP) is 0.771. The maximum atomic E-state index is 3.72. The number of allylic oxidation sites excluding steroid dienone is 2. The molecule has 3 N–H and O–H groups in total. The molecule has 0 aromatic heterocycles. The van der Waals surface area contributed by atoms with Crippen molar-refractivity contribution in [2.24, 2.45) is 5.92 Å². The fourth-order valence-electron chi connectivity index (χ4n) is 1.09. The third-order valence-corrected chi connectivity index (χ3v) is 1.57. The molecular formula is C9H19NO. The highest BCUT2D eigenvalue weighted by Gasteiger charge is 2.03. The topological polar surface area (TPSA) is 46.6 Å². The first-order valence-electron chi connectivity index (χ1n) is 3.84. The van der Waals surface area contributed by atoms with E-state index in [1.54, 1.807) is 0 Å². The van der Waals surface area contributed by atoms with Crippen LogP contribution in [0.2, 0.25) is 0 Å². The van der Waals surface area contributed by atoms with Gasteiger partial charge in [-0.15, -0.1) is 13.2 Å². The summed E-state index contributed by atoms with van der Waals surface area (Å²) in [5.74, 6) is 0.736. The fourth-order valence-corrected chi connectivity index (χ4v) is 1.09. The van der Waals surface area contributed by atoms with Crippen LogP contribution in [0.15, 0.2) is 25.3 Å². The largest absolute Gasteiger partial charge is 0.870 e. The summed E-state index contributed by atoms with van der Waals surface area (Å²) in [4.78, 5) is 0. The number of hydrogen-bond donors (Lipinski definition) is 1. The molecule has 0 heterocycles. The van der Waals surface area contributed by atoms with Gasteiger partial charge in [0.2, 0.25) is 0 Å². The molecule has 0 aliphatic carbocycles. The molecule has 11 heavy (non-hydrogen) atoms. The molecule has 0 aromatic rings. The minimum absolute atomic E-state index is 0. The Morgan fingerprint density at radius 2 is 1.73 bits per heavy atom. The third-order valence-electron chi connectivity index (χ3n) is 1.57. The Morgan fingerprint density at radius 1 is 1.27 bits per heavy atom. The molecule has 0 aromatic carbocycles. The number of rotatable bonds is 6. The van der Waals surface area contributed by atoms with Crippen molar-refractivity contribution in [2.45, 2.75) is 12.8 Å². The van der Waals surface area contributed by atoms with E-state index in [4.69, 9.17) is 0 Å². The van der Waals surface area contributed by atoms with Crippen molar-refractivity contribution in [1.29, 1.82) is 0 Å². The van der Waals surface area contributed by atoms with Gasteiger partial charge in [0.15, 0.2) is 0 Å². The Morgan fingerprint density at radius 3 is 2.00 bits per heavy atom. The van der Waals surface area contributed by atoms with Crippen molar-refractivity contribution in [2.75, 3.05) is 13.6 Å². The Kier molecular flexibility index (Phi) is 11.1. The normalized spacial score (nSPS) is 8.91. The van der Waals surface area contributed by atoms with Gasteiger partial charge in [0, 0.05) is 5.92 Å². The molecule has 0 fully saturated rings. The molecule has 2 heteroatoms. The van der Waals surface area contributed by atoms with E-state index in [9.17, 15) is 0 Å². The molecule has 0 saturated carbocycles. The quantitative estimate of drug-likeness (QED) is 0.569. The average molecular weight is 157 g/mol. The third kappa shape index (κ3) is 7.30. The Labute approximate surface area is 69.3 Å². The van der Waals surface area contributed by atoms with E-state index < -0.39 is 0 Å². The monoisotopic (exact) mass is 157 g/mol. The van der Waals surface area contributed by atoms with Gasteiger partial charge < -0.3 is 10.8 Å². The van der Waals surface area contributed by atoms with Crippen molar-refractivity contribution in [3.63, 3.8) is 0 Å². The van der Waals surface area contributed by atoms with Crippen LogP contribution in [0.4, 0.5) is 0 Å². The standard InChI is InChI=1S/C9H17N.H2O/c1-4-6-9(7-5-2)8-10-3;/h4-5,9-10H,1-2,6-8H2,3H3;1H2. The summed E-state index contributed by atoms with van der Waals surface area (Å²) in [5.41, 5.74) is 0. The van der Waals surface area contributed by atoms with Crippen LogP contribution in [-0.4, -0.2) is 19.1 Å². The van der Waals surface area contributed by atoms with Crippen molar-refractivity contribution in [3.8, 4) is 0 Å². The lowest BCUT2D eigenvalue weighted by Gasteiger charge is -2.08. The summed E-state index contributed by atoms with van der Waals surface area (Å²) in [6.45, 7) is 8.61. The zero-order valence-corrected chi connectivity index (χ0v) is 7.29. The summed E-state index contributed by atoms with van der Waals surface area (Å²) in [5, 5.41) is 2.21. The molecule has 0 saturated heterocycles. The molecular weight excluding hydrogens is 138 g/mol. The van der Waals surface area contributed by atoms with E-state index in [1.807, 2.05) is 12.2 Å². The molecule has 0 bridgehead atoms. The lowest BCUT2D eigenvalue weighted by Crippen LogP contribution is -2.81. The molecule has 0 unspecified atom stereocenters. The van der Waals surface area contributed by atoms with E-state index in [-0.39, 0.29) is 5.48 Å². The maximum Gasteiger partial charge on any atom is 0.0787 e. The van der Waals surface area contributed by atoms with Crippen molar-refractivity contribution >= 4 is 0 Å². The minimum Gasteiger partial charge on any atom is -0.870 e. The Hall–Kier alpha value is -0.600. The van der Waals surface area contributed by atoms with Crippen LogP contribution >= 0.6 is 0 Å². The molecule has 0 radical (unpaired) electrons. The smallest absolute Gasteiger partial charge is 0.0787 e. The van der Waals surface area contributed by atoms with Crippen molar-refractivity contribution in [1.82, 2.24) is 0 Å². The first-order chi connectivity index (χ1) is 4.85. The van der Waals surface area contributed by atoms with Gasteiger partial charge in [-0.3, -0.25) is 0 Å². The summed E-state index contributed by atoms with van der Waals surface area (Å²) >= 11 is 0. The van der Waals surface area contributed by atoms with E-state index >= 15 is 0 Å². The van der Waals surface area contributed by atoms with Gasteiger partial charge in [-0.1, -0.05) is 12.2 Å². The van der Waals surface area contributed by atoms with Gasteiger partial charge in [-0.05, 0) is 12.8 Å². The van der Waals surface area contributed by atoms with E-state index in [0.717, 1.165) is 18.8 Å². The molecule has 0 atom stereocenters. The maximum absolute atomic E-state index is 3.72. The Bertz CT molecular complexity index is 91.7. The van der Waals surface area contributed by atoms with E-state index in [0.29, 0.717) is 0 Å². The van der Waals surface area contributed by atoms with E-state index in [1.165, 1.54) is 6.54 Å². The van der Waals surface area contributed by atoms with Gasteiger partial charge in [0.25, 0.3) is 0 Å². The minimum atomic E-state index is 0. The molecule has 0 aliphatic rings. The number of quaternary nitrogens is 1. The van der Waals surface area contributed by atoms with Crippen LogP contribution in [0.1, 0.15) is 12.8 Å². The zero-order valence-electron chi connectivity index (χ0n) is 7.29. The fraction of sp³-hybridized carbons (Fsp3) is 0.556. The summed E-state index contributed by atoms with van der Waals surface area (Å²) < 4.78 is 0. The summed E-state index contributed by atoms with van der Waals surface area (Å²) in [6.07, 6.45) is 6.18. The van der Waals surface area contributed by atoms with Crippen LogP contribution in [0, 0.1) is 5.92 Å². The lowest BCUT2D eigenvalue weighted by molar-refractivity contribution is -0.632. The lowest BCUT2D eigenvalue weighted by atomic mass is 10.0. The van der Waals surface area contributed by atoms with Gasteiger partial charge in [0.05, 0.1) is 13.6 Å². The molecule has 0 aliphatic heterocycles. The van der Waals surface area contributed by atoms with Crippen LogP contribution in [0.3, 0.4) is 0 Å². The summed E-state index contributed by atoms with van der Waals surface area (Å²) in [6, 6.07) is 0. The molecule has 2 nitrogen and oxygen atoms in total. The number of nitrogens with two attached hydrogens (primary N) is 1. The first-order valence-corrected chi connectivity index (χ1v) is 3.84. The second-order valence-electron chi connectivity index (χ2n) is 2.56. The highest BCUT2D eigenvalue weighted by Crippen LogP contribution is 2.06. The average Bonchev–Trinajstić information content (AvgIpc) is 1.90. The van der Waals surface area contributed by atoms with Crippen molar-refractivity contribution < 1.29 is 10.8 Å². The number of hydrogen-bond acceptors (Lipinski definition) is 1. The highest BCUT2D eigenvalue weighted by atomic mass is 16.0. The molecule has 66 valence electrons. The highest BCUT2D eigenvalue weighted by molar-refractivity contribution is 4.78. The molecule has 0 rings (SSSR count). The second-order valence-corrected chi connectivity index (χ2v) is 2.56. The van der Waals surface area contributed by atoms with Crippen LogP contribution in [0.25, 0.3) is 0 Å². The van der Waals surface area contributed by atoms with Crippen molar-refractivity contribution in [3.05, 3.63) is 25.3 Å². The van der Waals surface area contributed by atoms with Crippen LogP contribution in [0.5, 0.6) is 0 Å². The second kappa shape index (κ2) is 9.40. The molecule has 0 spiro atoms. The van der Waals surface area contributed by atoms with Gasteiger partial charge in [-0.25, -0.2) is 0 Å². The van der Waals surface area contributed by atoms with Crippen LogP contribution < -0.4 is 5.32 Å². The Balaban J connectivity index is 0. The first kappa shape index (κ1) is 13.0. The van der Waals surface area contributed by atoms with Gasteiger partial charge >= 0.3 is 0 Å².